The molecular formula is C22H24FN5O2S. The molecule has 9 heteroatoms. The molecule has 0 fully saturated rings. The number of aryl methyl sites for hydroxylation is 1. The lowest BCUT2D eigenvalue weighted by molar-refractivity contribution is 0.385. The van der Waals surface area contributed by atoms with Crippen LogP contribution in [-0.2, 0) is 23.0 Å². The van der Waals surface area contributed by atoms with E-state index in [9.17, 15) is 12.8 Å². The molecule has 2 aromatic heterocycles. The van der Waals surface area contributed by atoms with Gasteiger partial charge in [0.2, 0.25) is 10.0 Å². The molecule has 4 rings (SSSR count). The van der Waals surface area contributed by atoms with Crippen LogP contribution < -0.4 is 5.32 Å². The number of rotatable bonds is 6. The first-order valence-corrected chi connectivity index (χ1v) is 11.8. The molecule has 1 aromatic carbocycles. The lowest BCUT2D eigenvalue weighted by Gasteiger charge is -2.28. The zero-order valence-electron chi connectivity index (χ0n) is 17.5. The Kier molecular flexibility index (Phi) is 5.97. The molecule has 1 aliphatic rings. The highest BCUT2D eigenvalue weighted by Gasteiger charge is 2.28. The summed E-state index contributed by atoms with van der Waals surface area (Å²) < 4.78 is 39.6. The molecule has 0 saturated heterocycles. The highest BCUT2D eigenvalue weighted by Crippen LogP contribution is 2.30. The first kappa shape index (κ1) is 21.3. The standard InChI is InChI=1S/C22H24FN5O2S/c1-3-10-31(29,30)28-9-8-18-21(13-28)25-14-26-22(18)27-17-6-4-15(2)19(11-17)20-7-5-16(23)12-24-20/h4-7,11-12,14H,3,8-10,13H2,1-2H3,(H,25,26,27). The Morgan fingerprint density at radius 2 is 2.00 bits per heavy atom. The molecule has 1 aliphatic heterocycles. The molecule has 0 amide bonds. The zero-order valence-corrected chi connectivity index (χ0v) is 18.3. The predicted octanol–water partition coefficient (Wildman–Crippen LogP) is 3.83. The second kappa shape index (κ2) is 8.68. The third kappa shape index (κ3) is 4.57. The van der Waals surface area contributed by atoms with Gasteiger partial charge in [-0.15, -0.1) is 0 Å². The van der Waals surface area contributed by atoms with Gasteiger partial charge in [0, 0.05) is 23.4 Å². The highest BCUT2D eigenvalue weighted by atomic mass is 32.2. The Balaban J connectivity index is 1.61. The number of halogens is 1. The van der Waals surface area contributed by atoms with Gasteiger partial charge in [-0.05, 0) is 49.6 Å². The number of fused-ring (bicyclic) bond motifs is 1. The van der Waals surface area contributed by atoms with Crippen molar-refractivity contribution in [3.05, 3.63) is 65.5 Å². The smallest absolute Gasteiger partial charge is 0.214 e. The second-order valence-corrected chi connectivity index (χ2v) is 9.65. The molecular weight excluding hydrogens is 417 g/mol. The third-order valence-electron chi connectivity index (χ3n) is 5.33. The van der Waals surface area contributed by atoms with E-state index in [1.165, 1.54) is 22.9 Å². The molecule has 0 radical (unpaired) electrons. The first-order chi connectivity index (χ1) is 14.9. The summed E-state index contributed by atoms with van der Waals surface area (Å²) in [6.45, 7) is 4.50. The summed E-state index contributed by atoms with van der Waals surface area (Å²) in [6.07, 6.45) is 3.78. The van der Waals surface area contributed by atoms with Gasteiger partial charge >= 0.3 is 0 Å². The van der Waals surface area contributed by atoms with Gasteiger partial charge in [-0.1, -0.05) is 13.0 Å². The van der Waals surface area contributed by atoms with Crippen molar-refractivity contribution in [2.75, 3.05) is 17.6 Å². The van der Waals surface area contributed by atoms with E-state index in [1.54, 1.807) is 6.07 Å². The number of aromatic nitrogens is 3. The lowest BCUT2D eigenvalue weighted by Crippen LogP contribution is -2.38. The average Bonchev–Trinajstić information content (AvgIpc) is 2.75. The van der Waals surface area contributed by atoms with Crippen LogP contribution in [0.3, 0.4) is 0 Å². The topological polar surface area (TPSA) is 88.1 Å². The van der Waals surface area contributed by atoms with E-state index in [-0.39, 0.29) is 18.1 Å². The number of pyridine rings is 1. The van der Waals surface area contributed by atoms with Gasteiger partial charge in [-0.3, -0.25) is 4.98 Å². The van der Waals surface area contributed by atoms with Crippen LogP contribution in [0.4, 0.5) is 15.9 Å². The number of anilines is 2. The van der Waals surface area contributed by atoms with Crippen molar-refractivity contribution in [2.45, 2.75) is 33.2 Å². The molecule has 7 nitrogen and oxygen atoms in total. The highest BCUT2D eigenvalue weighted by molar-refractivity contribution is 7.89. The maximum absolute atomic E-state index is 13.2. The zero-order chi connectivity index (χ0) is 22.0. The summed E-state index contributed by atoms with van der Waals surface area (Å²) in [5.41, 5.74) is 5.05. The molecule has 0 atom stereocenters. The normalized spacial score (nSPS) is 14.3. The van der Waals surface area contributed by atoms with Gasteiger partial charge in [0.05, 0.1) is 29.9 Å². The van der Waals surface area contributed by atoms with E-state index in [4.69, 9.17) is 0 Å². The van der Waals surface area contributed by atoms with Crippen LogP contribution in [-0.4, -0.2) is 40.0 Å². The van der Waals surface area contributed by atoms with Crippen molar-refractivity contribution in [3.63, 3.8) is 0 Å². The Bertz CT molecular complexity index is 1200. The first-order valence-electron chi connectivity index (χ1n) is 10.2. The van der Waals surface area contributed by atoms with Crippen LogP contribution in [0.2, 0.25) is 0 Å². The second-order valence-electron chi connectivity index (χ2n) is 7.56. The SMILES string of the molecule is CCCS(=O)(=O)N1CCc2c(ncnc2Nc2ccc(C)c(-c3ccc(F)cn3)c2)C1. The molecule has 0 aliphatic carbocycles. The van der Waals surface area contributed by atoms with Crippen molar-refractivity contribution in [1.29, 1.82) is 0 Å². The van der Waals surface area contributed by atoms with E-state index in [1.807, 2.05) is 32.0 Å². The lowest BCUT2D eigenvalue weighted by atomic mass is 10.0. The van der Waals surface area contributed by atoms with Gasteiger partial charge in [-0.2, -0.15) is 4.31 Å². The van der Waals surface area contributed by atoms with Gasteiger partial charge in [0.25, 0.3) is 0 Å². The van der Waals surface area contributed by atoms with Crippen molar-refractivity contribution in [1.82, 2.24) is 19.3 Å². The maximum Gasteiger partial charge on any atom is 0.214 e. The van der Waals surface area contributed by atoms with Crippen LogP contribution in [0.1, 0.15) is 30.2 Å². The predicted molar refractivity (Wildman–Crippen MR) is 118 cm³/mol. The molecule has 0 unspecified atom stereocenters. The van der Waals surface area contributed by atoms with Gasteiger partial charge in [0.15, 0.2) is 0 Å². The Labute approximate surface area is 181 Å². The van der Waals surface area contributed by atoms with Crippen molar-refractivity contribution in [2.24, 2.45) is 0 Å². The van der Waals surface area contributed by atoms with Crippen LogP contribution in [0.5, 0.6) is 0 Å². The monoisotopic (exact) mass is 441 g/mol. The molecule has 3 aromatic rings. The summed E-state index contributed by atoms with van der Waals surface area (Å²) in [7, 11) is -3.27. The number of benzene rings is 1. The van der Waals surface area contributed by atoms with Crippen molar-refractivity contribution >= 4 is 21.5 Å². The van der Waals surface area contributed by atoms with Crippen LogP contribution >= 0.6 is 0 Å². The maximum atomic E-state index is 13.2. The molecule has 31 heavy (non-hydrogen) atoms. The van der Waals surface area contributed by atoms with Gasteiger partial charge in [-0.25, -0.2) is 22.8 Å². The minimum Gasteiger partial charge on any atom is -0.340 e. The van der Waals surface area contributed by atoms with Crippen LogP contribution in [0, 0.1) is 12.7 Å². The van der Waals surface area contributed by atoms with Crippen molar-refractivity contribution in [3.8, 4) is 11.3 Å². The Morgan fingerprint density at radius 3 is 2.74 bits per heavy atom. The van der Waals surface area contributed by atoms with Gasteiger partial charge < -0.3 is 5.32 Å². The largest absolute Gasteiger partial charge is 0.340 e. The molecule has 3 heterocycles. The molecule has 0 spiro atoms. The Morgan fingerprint density at radius 1 is 1.16 bits per heavy atom. The van der Waals surface area contributed by atoms with E-state index in [0.717, 1.165) is 28.1 Å². The minimum atomic E-state index is -3.27. The average molecular weight is 442 g/mol. The number of hydrogen-bond acceptors (Lipinski definition) is 6. The molecule has 0 saturated carbocycles. The van der Waals surface area contributed by atoms with Crippen molar-refractivity contribution < 1.29 is 12.8 Å². The fraction of sp³-hybridized carbons (Fsp3) is 0.318. The third-order valence-corrected chi connectivity index (χ3v) is 7.35. The summed E-state index contributed by atoms with van der Waals surface area (Å²) in [4.78, 5) is 12.9. The number of sulfonamides is 1. The van der Waals surface area contributed by atoms with Gasteiger partial charge in [0.1, 0.15) is 18.0 Å². The fourth-order valence-electron chi connectivity index (χ4n) is 3.71. The van der Waals surface area contributed by atoms with E-state index in [2.05, 4.69) is 20.3 Å². The van der Waals surface area contributed by atoms with E-state index < -0.39 is 10.0 Å². The minimum absolute atomic E-state index is 0.141. The number of nitrogens with one attached hydrogen (secondary N) is 1. The fourth-order valence-corrected chi connectivity index (χ4v) is 5.17. The summed E-state index contributed by atoms with van der Waals surface area (Å²) >= 11 is 0. The molecule has 1 N–H and O–H groups in total. The van der Waals surface area contributed by atoms with E-state index >= 15 is 0 Å². The van der Waals surface area contributed by atoms with E-state index in [0.29, 0.717) is 30.9 Å². The van der Waals surface area contributed by atoms with Crippen LogP contribution in [0.25, 0.3) is 11.3 Å². The summed E-state index contributed by atoms with van der Waals surface area (Å²) in [5.74, 6) is 0.430. The Hall–Kier alpha value is -2.91. The summed E-state index contributed by atoms with van der Waals surface area (Å²) in [5, 5.41) is 3.34. The quantitative estimate of drug-likeness (QED) is 0.626. The number of nitrogens with zero attached hydrogens (tertiary/aromatic N) is 4. The number of hydrogen-bond donors (Lipinski definition) is 1. The summed E-state index contributed by atoms with van der Waals surface area (Å²) in [6, 6.07) is 8.90. The molecule has 0 bridgehead atoms. The van der Waals surface area contributed by atoms with Crippen LogP contribution in [0.15, 0.2) is 42.9 Å². The molecule has 162 valence electrons.